The van der Waals surface area contributed by atoms with Gasteiger partial charge in [-0.25, -0.2) is 4.99 Å². The van der Waals surface area contributed by atoms with Gasteiger partial charge in [-0.3, -0.25) is 14.2 Å². The Hall–Kier alpha value is -4.11. The molecule has 0 radical (unpaired) electrons. The standard InChI is InChI=1S/C34H38N4O4S/c1-5-36(6-2)33(40)29-22(3)35-34-38(31(29)30-25-14-10-9-13-23(25)15-17-26(30)41-4)32(39)27(43-34)21-24-16-18-28(42-24)37-19-11-7-8-12-20-37/h9-10,13-18,21,31H,5-8,11-12,19-20H2,1-4H3/b27-21+/t31-/m1/s1. The zero-order valence-corrected chi connectivity index (χ0v) is 26.1. The number of nitrogens with zero attached hydrogens (tertiary/aromatic N) is 4. The van der Waals surface area contributed by atoms with Crippen LogP contribution >= 0.6 is 11.3 Å². The Morgan fingerprint density at radius 1 is 1.07 bits per heavy atom. The molecule has 0 saturated carbocycles. The predicted molar refractivity (Wildman–Crippen MR) is 172 cm³/mol. The highest BCUT2D eigenvalue weighted by Crippen LogP contribution is 2.40. The molecule has 4 heterocycles. The monoisotopic (exact) mass is 598 g/mol. The Bertz CT molecular complexity index is 1870. The van der Waals surface area contributed by atoms with Crippen molar-refractivity contribution in [3.8, 4) is 5.75 Å². The van der Waals surface area contributed by atoms with E-state index in [-0.39, 0.29) is 11.5 Å². The Kier molecular flexibility index (Phi) is 8.25. The number of likely N-dealkylation sites (N-methyl/N-ethyl adjacent to an activating group) is 1. The van der Waals surface area contributed by atoms with Crippen molar-refractivity contribution in [2.24, 2.45) is 4.99 Å². The van der Waals surface area contributed by atoms with E-state index in [1.165, 1.54) is 24.2 Å². The first-order valence-electron chi connectivity index (χ1n) is 15.2. The van der Waals surface area contributed by atoms with Crippen LogP contribution in [-0.4, -0.2) is 48.7 Å². The van der Waals surface area contributed by atoms with Crippen molar-refractivity contribution in [2.75, 3.05) is 38.2 Å². The van der Waals surface area contributed by atoms with Gasteiger partial charge in [0.1, 0.15) is 17.6 Å². The molecule has 1 amide bonds. The van der Waals surface area contributed by atoms with Gasteiger partial charge in [-0.05, 0) is 56.5 Å². The van der Waals surface area contributed by atoms with Crippen LogP contribution in [0.25, 0.3) is 16.8 Å². The molecule has 9 heteroatoms. The number of amides is 1. The van der Waals surface area contributed by atoms with Gasteiger partial charge in [0.25, 0.3) is 11.5 Å². The molecular formula is C34H38N4O4S. The average molecular weight is 599 g/mol. The second-order valence-electron chi connectivity index (χ2n) is 11.0. The first-order valence-corrected chi connectivity index (χ1v) is 16.0. The Balaban J connectivity index is 1.55. The van der Waals surface area contributed by atoms with E-state index in [1.807, 2.05) is 69.3 Å². The first kappa shape index (κ1) is 29.0. The summed E-state index contributed by atoms with van der Waals surface area (Å²) in [6, 6.07) is 15.1. The third kappa shape index (κ3) is 5.31. The average Bonchev–Trinajstić information content (AvgIpc) is 3.48. The van der Waals surface area contributed by atoms with Gasteiger partial charge in [-0.15, -0.1) is 0 Å². The number of ether oxygens (including phenoxy) is 1. The summed E-state index contributed by atoms with van der Waals surface area (Å²) in [5, 5.41) is 1.93. The van der Waals surface area contributed by atoms with Crippen molar-refractivity contribution < 1.29 is 13.9 Å². The zero-order valence-electron chi connectivity index (χ0n) is 25.3. The van der Waals surface area contributed by atoms with E-state index in [0.29, 0.717) is 45.2 Å². The minimum atomic E-state index is -0.711. The van der Waals surface area contributed by atoms with Crippen LogP contribution in [0.1, 0.15) is 63.8 Å². The molecule has 6 rings (SSSR count). The van der Waals surface area contributed by atoms with Crippen LogP contribution in [-0.2, 0) is 4.79 Å². The maximum absolute atomic E-state index is 14.3. The quantitative estimate of drug-likeness (QED) is 0.291. The van der Waals surface area contributed by atoms with E-state index < -0.39 is 6.04 Å². The summed E-state index contributed by atoms with van der Waals surface area (Å²) in [6.45, 7) is 8.84. The van der Waals surface area contributed by atoms with Crippen molar-refractivity contribution in [1.29, 1.82) is 0 Å². The minimum Gasteiger partial charge on any atom is -0.496 e. The Labute approximate surface area is 255 Å². The molecule has 2 aliphatic heterocycles. The Morgan fingerprint density at radius 2 is 1.81 bits per heavy atom. The summed E-state index contributed by atoms with van der Waals surface area (Å²) in [5.41, 5.74) is 1.65. The highest BCUT2D eigenvalue weighted by Gasteiger charge is 2.36. The molecule has 0 aliphatic carbocycles. The number of hydrogen-bond acceptors (Lipinski definition) is 7. The largest absolute Gasteiger partial charge is 0.496 e. The Morgan fingerprint density at radius 3 is 2.53 bits per heavy atom. The fourth-order valence-corrected chi connectivity index (χ4v) is 7.32. The van der Waals surface area contributed by atoms with Crippen molar-refractivity contribution in [3.63, 3.8) is 0 Å². The molecule has 0 bridgehead atoms. The van der Waals surface area contributed by atoms with Crippen LogP contribution in [0.5, 0.6) is 5.75 Å². The normalized spacial score (nSPS) is 17.5. The summed E-state index contributed by atoms with van der Waals surface area (Å²) in [5.74, 6) is 1.95. The lowest BCUT2D eigenvalue weighted by atomic mass is 9.90. The number of thiazole rings is 1. The maximum atomic E-state index is 14.3. The topological polar surface area (TPSA) is 80.3 Å². The van der Waals surface area contributed by atoms with Gasteiger partial charge in [0.05, 0.1) is 22.9 Å². The molecule has 8 nitrogen and oxygen atoms in total. The summed E-state index contributed by atoms with van der Waals surface area (Å²) in [7, 11) is 1.62. The molecule has 0 unspecified atom stereocenters. The van der Waals surface area contributed by atoms with E-state index in [2.05, 4.69) is 4.90 Å². The van der Waals surface area contributed by atoms with Gasteiger partial charge in [-0.1, -0.05) is 54.5 Å². The third-order valence-electron chi connectivity index (χ3n) is 8.53. The number of aromatic nitrogens is 1. The number of fused-ring (bicyclic) bond motifs is 2. The number of carbonyl (C=O) groups excluding carboxylic acids is 1. The zero-order chi connectivity index (χ0) is 30.1. The number of allylic oxidation sites excluding steroid dienone is 1. The number of furan rings is 1. The molecule has 2 aromatic carbocycles. The third-order valence-corrected chi connectivity index (χ3v) is 9.51. The number of methoxy groups -OCH3 is 1. The highest BCUT2D eigenvalue weighted by molar-refractivity contribution is 7.07. The lowest BCUT2D eigenvalue weighted by molar-refractivity contribution is -0.127. The van der Waals surface area contributed by atoms with Crippen LogP contribution < -0.4 is 24.5 Å². The van der Waals surface area contributed by atoms with Crippen molar-refractivity contribution in [1.82, 2.24) is 9.47 Å². The predicted octanol–water partition coefficient (Wildman–Crippen LogP) is 5.24. The molecule has 224 valence electrons. The second-order valence-corrected chi connectivity index (χ2v) is 12.0. The van der Waals surface area contributed by atoms with Crippen molar-refractivity contribution >= 4 is 40.0 Å². The molecule has 1 fully saturated rings. The SMILES string of the molecule is CCN(CC)C(=O)C1=C(C)N=c2s/c(=C/c3ccc(N4CCCCCC4)o3)c(=O)n2[C@H]1c1c(OC)ccc2ccccc12. The number of benzene rings is 2. The van der Waals surface area contributed by atoms with E-state index in [9.17, 15) is 9.59 Å². The second kappa shape index (κ2) is 12.2. The molecule has 2 aromatic heterocycles. The van der Waals surface area contributed by atoms with Gasteiger partial charge >= 0.3 is 0 Å². The molecule has 1 atom stereocenters. The maximum Gasteiger partial charge on any atom is 0.271 e. The molecular weight excluding hydrogens is 560 g/mol. The fraction of sp³-hybridized carbons (Fsp3) is 0.382. The van der Waals surface area contributed by atoms with Crippen molar-refractivity contribution in [2.45, 2.75) is 52.5 Å². The van der Waals surface area contributed by atoms with Gasteiger partial charge in [0, 0.05) is 43.9 Å². The lowest BCUT2D eigenvalue weighted by Crippen LogP contribution is -2.43. The fourth-order valence-electron chi connectivity index (χ4n) is 6.29. The molecule has 1 saturated heterocycles. The van der Waals surface area contributed by atoms with Crippen LogP contribution in [0.4, 0.5) is 5.88 Å². The van der Waals surface area contributed by atoms with Crippen LogP contribution in [0, 0.1) is 0 Å². The smallest absolute Gasteiger partial charge is 0.271 e. The highest BCUT2D eigenvalue weighted by atomic mass is 32.1. The van der Waals surface area contributed by atoms with E-state index in [4.69, 9.17) is 14.1 Å². The minimum absolute atomic E-state index is 0.131. The van der Waals surface area contributed by atoms with Crippen molar-refractivity contribution in [3.05, 3.63) is 90.8 Å². The first-order chi connectivity index (χ1) is 20.9. The molecule has 43 heavy (non-hydrogen) atoms. The molecule has 4 aromatic rings. The van der Waals surface area contributed by atoms with Gasteiger partial charge in [0.2, 0.25) is 0 Å². The van der Waals surface area contributed by atoms with Gasteiger partial charge in [0.15, 0.2) is 10.7 Å². The number of hydrogen-bond donors (Lipinski definition) is 0. The molecule has 2 aliphatic rings. The number of rotatable bonds is 7. The van der Waals surface area contributed by atoms with Crippen LogP contribution in [0.2, 0.25) is 0 Å². The summed E-state index contributed by atoms with van der Waals surface area (Å²) >= 11 is 1.31. The van der Waals surface area contributed by atoms with E-state index in [1.54, 1.807) is 22.7 Å². The van der Waals surface area contributed by atoms with Crippen LogP contribution in [0.3, 0.4) is 0 Å². The summed E-state index contributed by atoms with van der Waals surface area (Å²) in [6.07, 6.45) is 6.59. The van der Waals surface area contributed by atoms with E-state index >= 15 is 0 Å². The number of anilines is 1. The van der Waals surface area contributed by atoms with Crippen LogP contribution in [0.15, 0.2) is 74.0 Å². The summed E-state index contributed by atoms with van der Waals surface area (Å²) < 4.78 is 14.3. The molecule has 0 spiro atoms. The summed E-state index contributed by atoms with van der Waals surface area (Å²) in [4.78, 5) is 37.9. The van der Waals surface area contributed by atoms with E-state index in [0.717, 1.165) is 48.2 Å². The molecule has 0 N–H and O–H groups in total. The lowest BCUT2D eigenvalue weighted by Gasteiger charge is -2.30. The van der Waals surface area contributed by atoms with Gasteiger partial charge < -0.3 is 19.0 Å². The van der Waals surface area contributed by atoms with Gasteiger partial charge in [-0.2, -0.15) is 0 Å². The number of carbonyl (C=O) groups is 1.